The largest absolute Gasteiger partial charge is 0.381 e. The predicted octanol–water partition coefficient (Wildman–Crippen LogP) is 0.519. The van der Waals surface area contributed by atoms with Crippen molar-refractivity contribution in [2.45, 2.75) is 37.8 Å². The maximum absolute atomic E-state index is 11.3. The number of rotatable bonds is 4. The van der Waals surface area contributed by atoms with Crippen molar-refractivity contribution in [1.29, 1.82) is 0 Å². The van der Waals surface area contributed by atoms with Gasteiger partial charge in [0.25, 0.3) is 10.0 Å². The molecule has 0 amide bonds. The molecule has 0 aliphatic carbocycles. The van der Waals surface area contributed by atoms with E-state index in [1.165, 1.54) is 0 Å². The standard InChI is InChI=1S/C11H19N3O3S/c1-2-10-13-11(18(12,15)16)8-14(10)7-9-3-5-17-6-4-9/h8-9H,2-7H2,1H3,(H2,12,15,16). The van der Waals surface area contributed by atoms with E-state index in [1.54, 1.807) is 6.20 Å². The first kappa shape index (κ1) is 13.5. The molecule has 1 aliphatic heterocycles. The first-order valence-corrected chi connectivity index (χ1v) is 7.72. The van der Waals surface area contributed by atoms with Gasteiger partial charge in [-0.2, -0.15) is 0 Å². The molecule has 0 radical (unpaired) electrons. The van der Waals surface area contributed by atoms with E-state index in [0.717, 1.165) is 38.4 Å². The lowest BCUT2D eigenvalue weighted by atomic mass is 10.0. The van der Waals surface area contributed by atoms with Crippen LogP contribution in [0, 0.1) is 5.92 Å². The summed E-state index contributed by atoms with van der Waals surface area (Å²) in [6.45, 7) is 4.30. The smallest absolute Gasteiger partial charge is 0.257 e. The Morgan fingerprint density at radius 1 is 1.50 bits per heavy atom. The Kier molecular flexibility index (Phi) is 4.04. The van der Waals surface area contributed by atoms with Crippen LogP contribution in [0.1, 0.15) is 25.6 Å². The van der Waals surface area contributed by atoms with E-state index < -0.39 is 10.0 Å². The lowest BCUT2D eigenvalue weighted by Gasteiger charge is -2.22. The molecular formula is C11H19N3O3S. The Labute approximate surface area is 107 Å². The molecule has 1 fully saturated rings. The van der Waals surface area contributed by atoms with Crippen LogP contribution in [0.15, 0.2) is 11.2 Å². The third kappa shape index (κ3) is 3.09. The van der Waals surface area contributed by atoms with Crippen LogP contribution >= 0.6 is 0 Å². The highest BCUT2D eigenvalue weighted by Crippen LogP contribution is 2.19. The second kappa shape index (κ2) is 5.38. The fourth-order valence-electron chi connectivity index (χ4n) is 2.21. The molecule has 1 saturated heterocycles. The Balaban J connectivity index is 2.18. The van der Waals surface area contributed by atoms with Gasteiger partial charge in [0.15, 0.2) is 5.03 Å². The molecule has 1 aromatic rings. The van der Waals surface area contributed by atoms with Gasteiger partial charge in [0.05, 0.1) is 0 Å². The van der Waals surface area contributed by atoms with Gasteiger partial charge in [0, 0.05) is 32.4 Å². The number of hydrogen-bond donors (Lipinski definition) is 1. The number of aryl methyl sites for hydroxylation is 1. The van der Waals surface area contributed by atoms with E-state index in [9.17, 15) is 8.42 Å². The molecule has 1 aromatic heterocycles. The quantitative estimate of drug-likeness (QED) is 0.866. The molecule has 18 heavy (non-hydrogen) atoms. The highest BCUT2D eigenvalue weighted by Gasteiger charge is 2.19. The molecule has 102 valence electrons. The maximum atomic E-state index is 11.3. The molecule has 2 rings (SSSR count). The molecule has 7 heteroatoms. The van der Waals surface area contributed by atoms with Crippen molar-refractivity contribution < 1.29 is 13.2 Å². The Morgan fingerprint density at radius 2 is 2.17 bits per heavy atom. The summed E-state index contributed by atoms with van der Waals surface area (Å²) >= 11 is 0. The highest BCUT2D eigenvalue weighted by molar-refractivity contribution is 7.89. The van der Waals surface area contributed by atoms with E-state index in [-0.39, 0.29) is 5.03 Å². The number of imidazole rings is 1. The average Bonchev–Trinajstić information content (AvgIpc) is 2.73. The lowest BCUT2D eigenvalue weighted by Crippen LogP contribution is -2.21. The molecule has 6 nitrogen and oxygen atoms in total. The van der Waals surface area contributed by atoms with E-state index in [4.69, 9.17) is 9.88 Å². The van der Waals surface area contributed by atoms with Crippen molar-refractivity contribution in [1.82, 2.24) is 9.55 Å². The number of nitrogens with zero attached hydrogens (tertiary/aromatic N) is 2. The molecule has 0 aromatic carbocycles. The summed E-state index contributed by atoms with van der Waals surface area (Å²) in [6, 6.07) is 0. The summed E-state index contributed by atoms with van der Waals surface area (Å²) < 4.78 is 29.8. The van der Waals surface area contributed by atoms with Crippen LogP contribution in [0.3, 0.4) is 0 Å². The second-order valence-electron chi connectivity index (χ2n) is 4.60. The van der Waals surface area contributed by atoms with Crippen molar-refractivity contribution in [2.24, 2.45) is 11.1 Å². The molecular weight excluding hydrogens is 254 g/mol. The van der Waals surface area contributed by atoms with Gasteiger partial charge in [-0.1, -0.05) is 6.92 Å². The Morgan fingerprint density at radius 3 is 2.72 bits per heavy atom. The number of nitrogens with two attached hydrogens (primary N) is 1. The zero-order valence-corrected chi connectivity index (χ0v) is 11.3. The number of aromatic nitrogens is 2. The number of primary sulfonamides is 1. The van der Waals surface area contributed by atoms with Crippen molar-refractivity contribution in [3.63, 3.8) is 0 Å². The van der Waals surface area contributed by atoms with Crippen molar-refractivity contribution in [3.05, 3.63) is 12.0 Å². The molecule has 0 unspecified atom stereocenters. The zero-order valence-electron chi connectivity index (χ0n) is 10.5. The van der Waals surface area contributed by atoms with Gasteiger partial charge in [-0.15, -0.1) is 0 Å². The van der Waals surface area contributed by atoms with Gasteiger partial charge >= 0.3 is 0 Å². The van der Waals surface area contributed by atoms with E-state index in [0.29, 0.717) is 12.3 Å². The van der Waals surface area contributed by atoms with E-state index in [2.05, 4.69) is 4.98 Å². The van der Waals surface area contributed by atoms with E-state index >= 15 is 0 Å². The van der Waals surface area contributed by atoms with Crippen LogP contribution in [0.2, 0.25) is 0 Å². The molecule has 0 spiro atoms. The molecule has 2 heterocycles. The van der Waals surface area contributed by atoms with Gasteiger partial charge in [-0.3, -0.25) is 0 Å². The summed E-state index contributed by atoms with van der Waals surface area (Å²) in [6.07, 6.45) is 4.25. The second-order valence-corrected chi connectivity index (χ2v) is 6.11. The molecule has 0 saturated carbocycles. The number of hydrogen-bond acceptors (Lipinski definition) is 4. The third-order valence-corrected chi connectivity index (χ3v) is 4.02. The van der Waals surface area contributed by atoms with Crippen LogP contribution in [0.5, 0.6) is 0 Å². The number of ether oxygens (including phenoxy) is 1. The van der Waals surface area contributed by atoms with Crippen LogP contribution in [0.25, 0.3) is 0 Å². The topological polar surface area (TPSA) is 87.2 Å². The fraction of sp³-hybridized carbons (Fsp3) is 0.727. The van der Waals surface area contributed by atoms with Gasteiger partial charge in [0.1, 0.15) is 5.82 Å². The van der Waals surface area contributed by atoms with Crippen LogP contribution in [-0.4, -0.2) is 31.2 Å². The maximum Gasteiger partial charge on any atom is 0.257 e. The summed E-state index contributed by atoms with van der Waals surface area (Å²) in [4.78, 5) is 4.08. The Hall–Kier alpha value is -0.920. The lowest BCUT2D eigenvalue weighted by molar-refractivity contribution is 0.0610. The average molecular weight is 273 g/mol. The minimum absolute atomic E-state index is 0.0357. The third-order valence-electron chi connectivity index (χ3n) is 3.24. The predicted molar refractivity (Wildman–Crippen MR) is 66.5 cm³/mol. The molecule has 2 N–H and O–H groups in total. The van der Waals surface area contributed by atoms with Gasteiger partial charge in [-0.05, 0) is 18.8 Å². The van der Waals surface area contributed by atoms with Gasteiger partial charge in [0.2, 0.25) is 0 Å². The molecule has 0 atom stereocenters. The van der Waals surface area contributed by atoms with Gasteiger partial charge in [-0.25, -0.2) is 18.5 Å². The summed E-state index contributed by atoms with van der Waals surface area (Å²) in [7, 11) is -3.71. The fourth-order valence-corrected chi connectivity index (χ4v) is 2.72. The van der Waals surface area contributed by atoms with Crippen LogP contribution in [-0.2, 0) is 27.7 Å². The molecule has 0 bridgehead atoms. The summed E-state index contributed by atoms with van der Waals surface area (Å²) in [5.41, 5.74) is 0. The van der Waals surface area contributed by atoms with Gasteiger partial charge < -0.3 is 9.30 Å². The van der Waals surface area contributed by atoms with Crippen LogP contribution in [0.4, 0.5) is 0 Å². The first-order chi connectivity index (χ1) is 8.50. The monoisotopic (exact) mass is 273 g/mol. The number of sulfonamides is 1. The zero-order chi connectivity index (χ0) is 13.2. The molecule has 1 aliphatic rings. The summed E-state index contributed by atoms with van der Waals surface area (Å²) in [5, 5.41) is 5.07. The van der Waals surface area contributed by atoms with Crippen molar-refractivity contribution >= 4 is 10.0 Å². The highest BCUT2D eigenvalue weighted by atomic mass is 32.2. The SMILES string of the molecule is CCc1nc(S(N)(=O)=O)cn1CC1CCOCC1. The van der Waals surface area contributed by atoms with Crippen LogP contribution < -0.4 is 5.14 Å². The Bertz CT molecular complexity index is 504. The normalized spacial score (nSPS) is 18.1. The minimum Gasteiger partial charge on any atom is -0.381 e. The summed E-state index contributed by atoms with van der Waals surface area (Å²) in [5.74, 6) is 1.29. The van der Waals surface area contributed by atoms with Crippen molar-refractivity contribution in [3.8, 4) is 0 Å². The van der Waals surface area contributed by atoms with E-state index in [1.807, 2.05) is 11.5 Å². The first-order valence-electron chi connectivity index (χ1n) is 6.17. The van der Waals surface area contributed by atoms with Crippen molar-refractivity contribution in [2.75, 3.05) is 13.2 Å². The minimum atomic E-state index is -3.71.